The number of allylic oxidation sites excluding steroid dienone is 1. The fourth-order valence-corrected chi connectivity index (χ4v) is 5.84. The van der Waals surface area contributed by atoms with Crippen LogP contribution >= 0.6 is 23.5 Å². The minimum Gasteiger partial charge on any atom is -0.490 e. The maximum Gasteiger partial charge on any atom is 0.191 e. The monoisotopic (exact) mass is 394 g/mol. The SMILES string of the molecule is C=CCOc1ccc2c(c1)CC(=C1Sc3ccc(C(C)(C)C)cc3S1)C2=O. The second-order valence-electron chi connectivity index (χ2n) is 7.81. The summed E-state index contributed by atoms with van der Waals surface area (Å²) in [5.74, 6) is 0.941. The Labute approximate surface area is 169 Å². The van der Waals surface area contributed by atoms with Crippen LogP contribution in [-0.2, 0) is 11.8 Å². The third kappa shape index (κ3) is 3.48. The zero-order valence-corrected chi connectivity index (χ0v) is 17.4. The van der Waals surface area contributed by atoms with Crippen molar-refractivity contribution in [3.05, 3.63) is 75.6 Å². The van der Waals surface area contributed by atoms with Crippen molar-refractivity contribution >= 4 is 29.3 Å². The molecule has 2 aromatic rings. The minimum absolute atomic E-state index is 0.122. The summed E-state index contributed by atoms with van der Waals surface area (Å²) in [6.45, 7) is 10.8. The van der Waals surface area contributed by atoms with Crippen molar-refractivity contribution in [1.82, 2.24) is 0 Å². The summed E-state index contributed by atoms with van der Waals surface area (Å²) >= 11 is 3.46. The number of fused-ring (bicyclic) bond motifs is 2. The molecule has 0 spiro atoms. The van der Waals surface area contributed by atoms with Gasteiger partial charge in [-0.25, -0.2) is 0 Å². The Kier molecular flexibility index (Phi) is 4.73. The van der Waals surface area contributed by atoms with Gasteiger partial charge in [0.25, 0.3) is 0 Å². The topological polar surface area (TPSA) is 26.3 Å². The molecule has 0 saturated heterocycles. The summed E-state index contributed by atoms with van der Waals surface area (Å²) in [6.07, 6.45) is 2.40. The van der Waals surface area contributed by atoms with Crippen LogP contribution in [0.25, 0.3) is 0 Å². The van der Waals surface area contributed by atoms with Crippen LogP contribution < -0.4 is 4.74 Å². The van der Waals surface area contributed by atoms with Crippen molar-refractivity contribution < 1.29 is 9.53 Å². The van der Waals surface area contributed by atoms with Gasteiger partial charge in [-0.15, -0.1) is 0 Å². The molecule has 0 radical (unpaired) electrons. The number of carbonyl (C=O) groups is 1. The maximum atomic E-state index is 12.9. The number of benzene rings is 2. The first-order valence-corrected chi connectivity index (χ1v) is 10.6. The number of Topliss-reactive ketones (excluding diaryl/α,β-unsaturated/α-hetero) is 1. The Morgan fingerprint density at radius 2 is 1.89 bits per heavy atom. The molecule has 138 valence electrons. The third-order valence-corrected chi connectivity index (χ3v) is 7.42. The molecule has 4 heteroatoms. The summed E-state index contributed by atoms with van der Waals surface area (Å²) in [4.78, 5) is 15.4. The van der Waals surface area contributed by atoms with Crippen LogP contribution in [0, 0.1) is 0 Å². The largest absolute Gasteiger partial charge is 0.490 e. The number of hydrogen-bond acceptors (Lipinski definition) is 4. The number of ketones is 1. The standard InChI is InChI=1S/C23H22O2S2/c1-5-10-25-16-7-8-17-14(11-16)12-18(21(17)24)22-26-19-9-6-15(23(2,3)4)13-20(19)27-22/h5-9,11,13H,1,10,12H2,2-4H3. The van der Waals surface area contributed by atoms with E-state index >= 15 is 0 Å². The van der Waals surface area contributed by atoms with E-state index in [1.54, 1.807) is 29.6 Å². The quantitative estimate of drug-likeness (QED) is 0.445. The maximum absolute atomic E-state index is 12.9. The minimum atomic E-state index is 0.122. The Hall–Kier alpha value is -1.91. The molecular weight excluding hydrogens is 372 g/mol. The second kappa shape index (κ2) is 6.92. The van der Waals surface area contributed by atoms with Gasteiger partial charge in [-0.05, 0) is 46.9 Å². The molecule has 0 saturated carbocycles. The Morgan fingerprint density at radius 3 is 2.63 bits per heavy atom. The van der Waals surface area contributed by atoms with Crippen LogP contribution in [0.2, 0.25) is 0 Å². The molecule has 0 bridgehead atoms. The van der Waals surface area contributed by atoms with Gasteiger partial charge in [0.2, 0.25) is 0 Å². The molecule has 0 fully saturated rings. The van der Waals surface area contributed by atoms with E-state index in [1.807, 2.05) is 18.2 Å². The van der Waals surface area contributed by atoms with Crippen LogP contribution in [0.15, 0.2) is 68.7 Å². The highest BCUT2D eigenvalue weighted by atomic mass is 32.2. The zero-order valence-electron chi connectivity index (χ0n) is 15.8. The molecule has 0 aromatic heterocycles. The molecule has 1 aliphatic carbocycles. The van der Waals surface area contributed by atoms with Crippen molar-refractivity contribution in [3.63, 3.8) is 0 Å². The van der Waals surface area contributed by atoms with Gasteiger partial charge in [0.05, 0.1) is 4.24 Å². The van der Waals surface area contributed by atoms with Crippen LogP contribution in [0.1, 0.15) is 42.3 Å². The fourth-order valence-electron chi connectivity index (χ4n) is 3.26. The lowest BCUT2D eigenvalue weighted by atomic mass is 9.87. The summed E-state index contributed by atoms with van der Waals surface area (Å²) < 4.78 is 6.73. The van der Waals surface area contributed by atoms with Crippen molar-refractivity contribution in [1.29, 1.82) is 0 Å². The van der Waals surface area contributed by atoms with E-state index in [0.29, 0.717) is 13.0 Å². The van der Waals surface area contributed by atoms with E-state index in [1.165, 1.54) is 15.4 Å². The average Bonchev–Trinajstić information content (AvgIpc) is 3.19. The molecule has 2 aliphatic rings. The van der Waals surface area contributed by atoms with Gasteiger partial charge in [-0.1, -0.05) is 63.0 Å². The summed E-state index contributed by atoms with van der Waals surface area (Å²) in [7, 11) is 0. The molecule has 0 unspecified atom stereocenters. The van der Waals surface area contributed by atoms with E-state index in [0.717, 1.165) is 26.7 Å². The molecule has 2 nitrogen and oxygen atoms in total. The van der Waals surface area contributed by atoms with Crippen molar-refractivity contribution in [2.45, 2.75) is 42.4 Å². The highest BCUT2D eigenvalue weighted by Crippen LogP contribution is 2.54. The predicted octanol–water partition coefficient (Wildman–Crippen LogP) is 6.40. The number of ether oxygens (including phenoxy) is 1. The van der Waals surface area contributed by atoms with Crippen LogP contribution in [-0.4, -0.2) is 12.4 Å². The van der Waals surface area contributed by atoms with E-state index in [4.69, 9.17) is 4.74 Å². The predicted molar refractivity (Wildman–Crippen MR) is 114 cm³/mol. The molecule has 1 aliphatic heterocycles. The molecule has 27 heavy (non-hydrogen) atoms. The van der Waals surface area contributed by atoms with Crippen molar-refractivity contribution in [3.8, 4) is 5.75 Å². The van der Waals surface area contributed by atoms with E-state index in [-0.39, 0.29) is 11.2 Å². The van der Waals surface area contributed by atoms with Gasteiger partial charge >= 0.3 is 0 Å². The summed E-state index contributed by atoms with van der Waals surface area (Å²) in [5.41, 5.74) is 4.21. The lowest BCUT2D eigenvalue weighted by molar-refractivity contribution is 0.103. The van der Waals surface area contributed by atoms with Crippen LogP contribution in [0.3, 0.4) is 0 Å². The molecule has 0 N–H and O–H groups in total. The molecule has 4 rings (SSSR count). The molecule has 0 atom stereocenters. The van der Waals surface area contributed by atoms with Gasteiger partial charge in [-0.3, -0.25) is 4.79 Å². The third-order valence-electron chi connectivity index (χ3n) is 4.79. The van der Waals surface area contributed by atoms with Crippen molar-refractivity contribution in [2.75, 3.05) is 6.61 Å². The normalized spacial score (nSPS) is 18.4. The number of carbonyl (C=O) groups excluding carboxylic acids is 1. The molecule has 1 heterocycles. The molecule has 0 amide bonds. The first-order chi connectivity index (χ1) is 12.9. The van der Waals surface area contributed by atoms with Crippen molar-refractivity contribution in [2.24, 2.45) is 0 Å². The Bertz CT molecular complexity index is 980. The summed E-state index contributed by atoms with van der Waals surface area (Å²) in [5, 5.41) is 0. The summed E-state index contributed by atoms with van der Waals surface area (Å²) in [6, 6.07) is 12.4. The first-order valence-electron chi connectivity index (χ1n) is 9.01. The lowest BCUT2D eigenvalue weighted by Crippen LogP contribution is -2.10. The zero-order chi connectivity index (χ0) is 19.2. The van der Waals surface area contributed by atoms with E-state index < -0.39 is 0 Å². The van der Waals surface area contributed by atoms with E-state index in [9.17, 15) is 4.79 Å². The van der Waals surface area contributed by atoms with E-state index in [2.05, 4.69) is 45.5 Å². The number of thioether (sulfide) groups is 2. The second-order valence-corrected chi connectivity index (χ2v) is 10.2. The lowest BCUT2D eigenvalue weighted by Gasteiger charge is -2.19. The van der Waals surface area contributed by atoms with Gasteiger partial charge in [-0.2, -0.15) is 0 Å². The highest BCUT2D eigenvalue weighted by molar-refractivity contribution is 8.24. The highest BCUT2D eigenvalue weighted by Gasteiger charge is 2.32. The first kappa shape index (κ1) is 18.5. The van der Waals surface area contributed by atoms with Crippen LogP contribution in [0.5, 0.6) is 5.75 Å². The van der Waals surface area contributed by atoms with Crippen LogP contribution in [0.4, 0.5) is 0 Å². The van der Waals surface area contributed by atoms with Gasteiger partial charge in [0.15, 0.2) is 5.78 Å². The number of rotatable bonds is 3. The fraction of sp³-hybridized carbons (Fsp3) is 0.261. The molecule has 2 aromatic carbocycles. The Morgan fingerprint density at radius 1 is 1.11 bits per heavy atom. The number of hydrogen-bond donors (Lipinski definition) is 0. The molecular formula is C23H22O2S2. The van der Waals surface area contributed by atoms with Gasteiger partial charge in [0.1, 0.15) is 12.4 Å². The van der Waals surface area contributed by atoms with Gasteiger partial charge in [0, 0.05) is 27.3 Å². The van der Waals surface area contributed by atoms with Gasteiger partial charge < -0.3 is 4.74 Å². The smallest absolute Gasteiger partial charge is 0.191 e. The Balaban J connectivity index is 1.62. The average molecular weight is 395 g/mol.